The van der Waals surface area contributed by atoms with Gasteiger partial charge in [-0.05, 0) is 55.5 Å². The number of anilines is 2. The highest BCUT2D eigenvalue weighted by Crippen LogP contribution is 2.30. The second kappa shape index (κ2) is 9.34. The summed E-state index contributed by atoms with van der Waals surface area (Å²) < 4.78 is 5.70. The molecule has 0 atom stereocenters. The third-order valence-corrected chi connectivity index (χ3v) is 4.39. The van der Waals surface area contributed by atoms with Crippen molar-refractivity contribution in [1.29, 1.82) is 0 Å². The quantitative estimate of drug-likeness (QED) is 0.208. The molecular formula is C21H16ClN3O4S. The van der Waals surface area contributed by atoms with Gasteiger partial charge in [0, 0.05) is 28.4 Å². The van der Waals surface area contributed by atoms with Crippen molar-refractivity contribution in [2.75, 3.05) is 10.6 Å². The summed E-state index contributed by atoms with van der Waals surface area (Å²) in [7, 11) is 0. The molecule has 0 bridgehead atoms. The van der Waals surface area contributed by atoms with Crippen LogP contribution in [0.3, 0.4) is 0 Å². The summed E-state index contributed by atoms with van der Waals surface area (Å²) >= 11 is 11.2. The molecule has 0 unspecified atom stereocenters. The fourth-order valence-electron chi connectivity index (χ4n) is 2.57. The van der Waals surface area contributed by atoms with Gasteiger partial charge in [-0.1, -0.05) is 23.7 Å². The van der Waals surface area contributed by atoms with Gasteiger partial charge in [-0.25, -0.2) is 0 Å². The number of nitrogens with zero attached hydrogens (tertiary/aromatic N) is 1. The first-order valence-electron chi connectivity index (χ1n) is 8.72. The number of thiocarbonyl (C=S) groups is 1. The standard InChI is InChI=1S/C21H16ClN3O4S/c1-13(26)14-3-2-4-16(9-14)23-21(30)24-17-10-18(25(27)28)12-20(11-17)29-19-7-5-15(22)6-8-19/h2-12H,1H3,(H2,23,24,30). The van der Waals surface area contributed by atoms with Gasteiger partial charge >= 0.3 is 0 Å². The predicted octanol–water partition coefficient (Wildman–Crippen LogP) is 6.05. The first kappa shape index (κ1) is 21.2. The maximum atomic E-state index is 11.5. The van der Waals surface area contributed by atoms with E-state index in [9.17, 15) is 14.9 Å². The molecule has 2 N–H and O–H groups in total. The zero-order chi connectivity index (χ0) is 21.7. The molecule has 30 heavy (non-hydrogen) atoms. The Balaban J connectivity index is 1.78. The van der Waals surface area contributed by atoms with E-state index in [1.54, 1.807) is 54.6 Å². The second-order valence-electron chi connectivity index (χ2n) is 6.24. The summed E-state index contributed by atoms with van der Waals surface area (Å²) in [5.74, 6) is 0.670. The van der Waals surface area contributed by atoms with Gasteiger partial charge in [0.05, 0.1) is 16.7 Å². The number of nitro benzene ring substituents is 1. The van der Waals surface area contributed by atoms with Crippen LogP contribution >= 0.6 is 23.8 Å². The molecule has 0 radical (unpaired) electrons. The largest absolute Gasteiger partial charge is 0.457 e. The highest BCUT2D eigenvalue weighted by atomic mass is 35.5. The van der Waals surface area contributed by atoms with E-state index in [0.29, 0.717) is 27.7 Å². The topological polar surface area (TPSA) is 93.5 Å². The Hall–Kier alpha value is -3.49. The van der Waals surface area contributed by atoms with Crippen molar-refractivity contribution in [2.24, 2.45) is 0 Å². The third-order valence-electron chi connectivity index (χ3n) is 3.94. The van der Waals surface area contributed by atoms with Gasteiger partial charge < -0.3 is 15.4 Å². The first-order valence-corrected chi connectivity index (χ1v) is 9.51. The normalized spacial score (nSPS) is 10.2. The lowest BCUT2D eigenvalue weighted by Crippen LogP contribution is -2.19. The highest BCUT2D eigenvalue weighted by Gasteiger charge is 2.13. The Labute approximate surface area is 182 Å². The fraction of sp³-hybridized carbons (Fsp3) is 0.0476. The number of ether oxygens (including phenoxy) is 1. The number of nitrogens with one attached hydrogen (secondary N) is 2. The number of ketones is 1. The minimum absolute atomic E-state index is 0.0693. The smallest absolute Gasteiger partial charge is 0.275 e. The molecule has 0 fully saturated rings. The van der Waals surface area contributed by atoms with Gasteiger partial charge in [-0.15, -0.1) is 0 Å². The molecule has 7 nitrogen and oxygen atoms in total. The number of hydrogen-bond acceptors (Lipinski definition) is 5. The molecule has 3 aromatic carbocycles. The lowest BCUT2D eigenvalue weighted by Gasteiger charge is -2.13. The van der Waals surface area contributed by atoms with Gasteiger partial charge in [0.25, 0.3) is 5.69 Å². The van der Waals surface area contributed by atoms with E-state index in [2.05, 4.69) is 10.6 Å². The number of Topliss-reactive ketones (excluding diaryl/α,β-unsaturated/α-hetero) is 1. The number of benzene rings is 3. The van der Waals surface area contributed by atoms with Gasteiger partial charge in [0.2, 0.25) is 0 Å². The molecule has 0 amide bonds. The monoisotopic (exact) mass is 441 g/mol. The van der Waals surface area contributed by atoms with E-state index in [-0.39, 0.29) is 22.3 Å². The molecule has 0 aromatic heterocycles. The molecule has 0 aliphatic carbocycles. The molecule has 0 saturated carbocycles. The number of carbonyl (C=O) groups is 1. The Morgan fingerprint density at radius 3 is 2.37 bits per heavy atom. The van der Waals surface area contributed by atoms with Crippen molar-refractivity contribution in [1.82, 2.24) is 0 Å². The van der Waals surface area contributed by atoms with Gasteiger partial charge in [0.15, 0.2) is 10.9 Å². The molecule has 3 rings (SSSR count). The maximum Gasteiger partial charge on any atom is 0.275 e. The van der Waals surface area contributed by atoms with Crippen LogP contribution < -0.4 is 15.4 Å². The van der Waals surface area contributed by atoms with Crippen molar-refractivity contribution in [2.45, 2.75) is 6.92 Å². The summed E-state index contributed by atoms with van der Waals surface area (Å²) in [6.07, 6.45) is 0. The van der Waals surface area contributed by atoms with Crippen molar-refractivity contribution in [3.8, 4) is 11.5 Å². The summed E-state index contributed by atoms with van der Waals surface area (Å²) in [5, 5.41) is 17.9. The number of halogens is 1. The number of hydrogen-bond donors (Lipinski definition) is 2. The lowest BCUT2D eigenvalue weighted by atomic mass is 10.1. The Morgan fingerprint density at radius 1 is 1.00 bits per heavy atom. The van der Waals surface area contributed by atoms with Crippen LogP contribution in [0.4, 0.5) is 17.1 Å². The second-order valence-corrected chi connectivity index (χ2v) is 7.09. The van der Waals surface area contributed by atoms with E-state index in [0.717, 1.165) is 0 Å². The van der Waals surface area contributed by atoms with Crippen LogP contribution in [0.25, 0.3) is 0 Å². The number of non-ortho nitro benzene ring substituents is 1. The number of carbonyl (C=O) groups excluding carboxylic acids is 1. The average molecular weight is 442 g/mol. The highest BCUT2D eigenvalue weighted by molar-refractivity contribution is 7.80. The first-order chi connectivity index (χ1) is 14.3. The minimum Gasteiger partial charge on any atom is -0.457 e. The van der Waals surface area contributed by atoms with Gasteiger partial charge in [0.1, 0.15) is 11.5 Å². The Kier molecular flexibility index (Phi) is 6.61. The van der Waals surface area contributed by atoms with Crippen LogP contribution in [0.2, 0.25) is 5.02 Å². The molecule has 0 aliphatic rings. The third kappa shape index (κ3) is 5.76. The van der Waals surface area contributed by atoms with E-state index in [1.807, 2.05) is 0 Å². The van der Waals surface area contributed by atoms with Crippen molar-refractivity contribution < 1.29 is 14.5 Å². The molecule has 0 saturated heterocycles. The van der Waals surface area contributed by atoms with Gasteiger partial charge in [-0.2, -0.15) is 0 Å². The Morgan fingerprint density at radius 2 is 1.70 bits per heavy atom. The number of nitro groups is 1. The van der Waals surface area contributed by atoms with Crippen LogP contribution in [-0.4, -0.2) is 15.8 Å². The zero-order valence-electron chi connectivity index (χ0n) is 15.7. The SMILES string of the molecule is CC(=O)c1cccc(NC(=S)Nc2cc(Oc3ccc(Cl)cc3)cc([N+](=O)[O-])c2)c1. The van der Waals surface area contributed by atoms with Crippen LogP contribution in [0.1, 0.15) is 17.3 Å². The van der Waals surface area contributed by atoms with E-state index >= 15 is 0 Å². The summed E-state index contributed by atoms with van der Waals surface area (Å²) in [6, 6.07) is 17.7. The van der Waals surface area contributed by atoms with E-state index in [1.165, 1.54) is 19.1 Å². The summed E-state index contributed by atoms with van der Waals surface area (Å²) in [5.41, 5.74) is 1.36. The van der Waals surface area contributed by atoms with Crippen molar-refractivity contribution >= 4 is 51.8 Å². The molecular weight excluding hydrogens is 426 g/mol. The molecule has 152 valence electrons. The van der Waals surface area contributed by atoms with Gasteiger partial charge in [-0.3, -0.25) is 14.9 Å². The lowest BCUT2D eigenvalue weighted by molar-refractivity contribution is -0.384. The average Bonchev–Trinajstić information content (AvgIpc) is 2.69. The van der Waals surface area contributed by atoms with E-state index in [4.69, 9.17) is 28.6 Å². The molecule has 3 aromatic rings. The van der Waals surface area contributed by atoms with Crippen molar-refractivity contribution in [3.05, 3.63) is 87.4 Å². The molecule has 0 heterocycles. The van der Waals surface area contributed by atoms with Crippen molar-refractivity contribution in [3.63, 3.8) is 0 Å². The van der Waals surface area contributed by atoms with Crippen LogP contribution in [-0.2, 0) is 0 Å². The fourth-order valence-corrected chi connectivity index (χ4v) is 2.93. The number of rotatable bonds is 6. The zero-order valence-corrected chi connectivity index (χ0v) is 17.3. The maximum absolute atomic E-state index is 11.5. The summed E-state index contributed by atoms with van der Waals surface area (Å²) in [6.45, 7) is 1.47. The summed E-state index contributed by atoms with van der Waals surface area (Å²) in [4.78, 5) is 22.3. The molecule has 0 aliphatic heterocycles. The van der Waals surface area contributed by atoms with Crippen LogP contribution in [0.5, 0.6) is 11.5 Å². The van der Waals surface area contributed by atoms with Crippen LogP contribution in [0, 0.1) is 10.1 Å². The molecule has 0 spiro atoms. The van der Waals surface area contributed by atoms with Crippen LogP contribution in [0.15, 0.2) is 66.7 Å². The minimum atomic E-state index is -0.521. The Bertz CT molecular complexity index is 1120. The van der Waals surface area contributed by atoms with E-state index < -0.39 is 4.92 Å². The molecule has 9 heteroatoms. The predicted molar refractivity (Wildman–Crippen MR) is 121 cm³/mol.